The summed E-state index contributed by atoms with van der Waals surface area (Å²) in [6.07, 6.45) is 0. The third-order valence-corrected chi connectivity index (χ3v) is 5.63. The Labute approximate surface area is 158 Å². The molecule has 1 atom stereocenters. The lowest BCUT2D eigenvalue weighted by Gasteiger charge is -2.29. The second-order valence-corrected chi connectivity index (χ2v) is 8.00. The Morgan fingerprint density at radius 2 is 1.96 bits per heavy atom. The van der Waals surface area contributed by atoms with Crippen LogP contribution >= 0.6 is 11.6 Å². The van der Waals surface area contributed by atoms with Crippen LogP contribution in [0, 0.1) is 5.82 Å². The van der Waals surface area contributed by atoms with E-state index in [4.69, 9.17) is 21.1 Å². The number of ether oxygens (including phenoxy) is 2. The molecule has 0 radical (unpaired) electrons. The maximum Gasteiger partial charge on any atom is 0.240 e. The molecule has 1 N–H and O–H groups in total. The highest BCUT2D eigenvalue weighted by Gasteiger charge is 2.29. The molecule has 0 fully saturated rings. The van der Waals surface area contributed by atoms with E-state index < -0.39 is 21.4 Å². The fourth-order valence-corrected chi connectivity index (χ4v) is 3.68. The first-order chi connectivity index (χ1) is 12.2. The zero-order valence-electron chi connectivity index (χ0n) is 14.8. The summed E-state index contributed by atoms with van der Waals surface area (Å²) in [5.74, 6) is -0.730. The van der Waals surface area contributed by atoms with Gasteiger partial charge in [0.2, 0.25) is 10.0 Å². The molecular weight excluding hydrogens is 381 g/mol. The second-order valence-electron chi connectivity index (χ2n) is 5.80. The summed E-state index contributed by atoms with van der Waals surface area (Å²) >= 11 is 6.00. The maximum absolute atomic E-state index is 14.0. The third kappa shape index (κ3) is 4.73. The van der Waals surface area contributed by atoms with E-state index in [0.29, 0.717) is 10.6 Å². The number of nitrogens with one attached hydrogen (secondary N) is 1. The molecule has 0 aliphatic rings. The molecule has 0 aromatic heterocycles. The number of benzene rings is 2. The highest BCUT2D eigenvalue weighted by Crippen LogP contribution is 2.27. The van der Waals surface area contributed by atoms with Crippen molar-refractivity contribution >= 4 is 21.6 Å². The van der Waals surface area contributed by atoms with Crippen molar-refractivity contribution in [3.8, 4) is 5.75 Å². The van der Waals surface area contributed by atoms with E-state index in [1.807, 2.05) is 0 Å². The Hall–Kier alpha value is -1.67. The van der Waals surface area contributed by atoms with Gasteiger partial charge in [-0.05, 0) is 49.7 Å². The number of sulfonamides is 1. The average Bonchev–Trinajstić information content (AvgIpc) is 2.61. The highest BCUT2D eigenvalue weighted by molar-refractivity contribution is 7.89. The van der Waals surface area contributed by atoms with Crippen LogP contribution in [-0.2, 0) is 20.4 Å². The van der Waals surface area contributed by atoms with E-state index in [2.05, 4.69) is 4.72 Å². The minimum absolute atomic E-state index is 0.00658. The van der Waals surface area contributed by atoms with Crippen LogP contribution in [0.5, 0.6) is 5.75 Å². The number of hydrogen-bond donors (Lipinski definition) is 1. The molecular formula is C18H21ClFNO4S. The van der Waals surface area contributed by atoms with Gasteiger partial charge in [-0.15, -0.1) is 0 Å². The van der Waals surface area contributed by atoms with Crippen LogP contribution in [0.15, 0.2) is 47.4 Å². The van der Waals surface area contributed by atoms with Crippen molar-refractivity contribution in [3.05, 3.63) is 58.9 Å². The molecule has 0 saturated heterocycles. The number of rotatable bonds is 8. The number of halogens is 2. The molecule has 8 heteroatoms. The summed E-state index contributed by atoms with van der Waals surface area (Å²) in [5.41, 5.74) is -0.227. The van der Waals surface area contributed by atoms with E-state index in [-0.39, 0.29) is 23.8 Å². The van der Waals surface area contributed by atoms with Crippen LogP contribution in [0.2, 0.25) is 5.02 Å². The first-order valence-corrected chi connectivity index (χ1v) is 9.81. The lowest BCUT2D eigenvalue weighted by Crippen LogP contribution is -2.40. The molecule has 2 rings (SSSR count). The Balaban J connectivity index is 2.22. The lowest BCUT2D eigenvalue weighted by molar-refractivity contribution is 0.00699. The molecule has 142 valence electrons. The molecule has 0 amide bonds. The Bertz CT molecular complexity index is 875. The third-order valence-electron chi connectivity index (χ3n) is 4.00. The van der Waals surface area contributed by atoms with Gasteiger partial charge >= 0.3 is 0 Å². The van der Waals surface area contributed by atoms with Crippen molar-refractivity contribution in [1.29, 1.82) is 0 Å². The summed E-state index contributed by atoms with van der Waals surface area (Å²) in [7, 11) is -2.46. The predicted octanol–water partition coefficient (Wildman–Crippen LogP) is 3.72. The van der Waals surface area contributed by atoms with E-state index in [9.17, 15) is 12.8 Å². The van der Waals surface area contributed by atoms with Crippen LogP contribution in [0.1, 0.15) is 19.4 Å². The Kier molecular flexibility index (Phi) is 6.63. The van der Waals surface area contributed by atoms with Crippen LogP contribution in [0.3, 0.4) is 0 Å². The first kappa shape index (κ1) is 20.6. The van der Waals surface area contributed by atoms with Crippen molar-refractivity contribution in [2.75, 3.05) is 20.3 Å². The van der Waals surface area contributed by atoms with Gasteiger partial charge in [0.25, 0.3) is 0 Å². The molecule has 0 saturated carbocycles. The van der Waals surface area contributed by atoms with Crippen molar-refractivity contribution in [3.63, 3.8) is 0 Å². The van der Waals surface area contributed by atoms with Gasteiger partial charge in [-0.3, -0.25) is 0 Å². The molecule has 2 aromatic carbocycles. The minimum Gasteiger partial charge on any atom is -0.491 e. The average molecular weight is 402 g/mol. The van der Waals surface area contributed by atoms with Gasteiger partial charge in [-0.2, -0.15) is 0 Å². The predicted molar refractivity (Wildman–Crippen MR) is 98.6 cm³/mol. The molecule has 5 nitrogen and oxygen atoms in total. The van der Waals surface area contributed by atoms with Crippen LogP contribution in [-0.4, -0.2) is 28.7 Å². The monoisotopic (exact) mass is 401 g/mol. The van der Waals surface area contributed by atoms with Crippen LogP contribution in [0.4, 0.5) is 4.39 Å². The molecule has 0 aliphatic carbocycles. The van der Waals surface area contributed by atoms with Crippen molar-refractivity contribution in [2.45, 2.75) is 24.3 Å². The normalized spacial score (nSPS) is 14.0. The van der Waals surface area contributed by atoms with Crippen molar-refractivity contribution in [1.82, 2.24) is 4.72 Å². The Morgan fingerprint density at radius 1 is 1.23 bits per heavy atom. The Morgan fingerprint density at radius 3 is 2.54 bits per heavy atom. The molecule has 0 aliphatic heterocycles. The van der Waals surface area contributed by atoms with Gasteiger partial charge in [0.1, 0.15) is 5.60 Å². The molecule has 26 heavy (non-hydrogen) atoms. The molecule has 0 bridgehead atoms. The van der Waals surface area contributed by atoms with Gasteiger partial charge < -0.3 is 9.47 Å². The van der Waals surface area contributed by atoms with Gasteiger partial charge in [-0.25, -0.2) is 17.5 Å². The number of methoxy groups -OCH3 is 1. The molecule has 0 heterocycles. The summed E-state index contributed by atoms with van der Waals surface area (Å²) in [6.45, 7) is 3.68. The summed E-state index contributed by atoms with van der Waals surface area (Å²) in [6, 6.07) is 10.5. The van der Waals surface area contributed by atoms with Gasteiger partial charge in [0.05, 0.1) is 11.5 Å². The van der Waals surface area contributed by atoms with E-state index >= 15 is 0 Å². The summed E-state index contributed by atoms with van der Waals surface area (Å²) < 4.78 is 52.0. The SMILES string of the molecule is CCOc1ccc(S(=O)(=O)NCC(C)(OC)c2cccc(Cl)c2)cc1F. The first-order valence-electron chi connectivity index (χ1n) is 7.95. The molecule has 0 spiro atoms. The largest absolute Gasteiger partial charge is 0.491 e. The van der Waals surface area contributed by atoms with Gasteiger partial charge in [0.15, 0.2) is 11.6 Å². The minimum atomic E-state index is -3.93. The van der Waals surface area contributed by atoms with Crippen molar-refractivity contribution in [2.24, 2.45) is 0 Å². The topological polar surface area (TPSA) is 64.6 Å². The van der Waals surface area contributed by atoms with E-state index in [1.54, 1.807) is 38.1 Å². The summed E-state index contributed by atoms with van der Waals surface area (Å²) in [5, 5.41) is 0.516. The highest BCUT2D eigenvalue weighted by atomic mass is 35.5. The van der Waals surface area contributed by atoms with Gasteiger partial charge in [0, 0.05) is 18.7 Å². The van der Waals surface area contributed by atoms with Crippen LogP contribution in [0.25, 0.3) is 0 Å². The zero-order chi connectivity index (χ0) is 19.4. The summed E-state index contributed by atoms with van der Waals surface area (Å²) in [4.78, 5) is -0.192. The maximum atomic E-state index is 14.0. The fourth-order valence-electron chi connectivity index (χ4n) is 2.35. The van der Waals surface area contributed by atoms with Crippen molar-refractivity contribution < 1.29 is 22.3 Å². The quantitative estimate of drug-likeness (QED) is 0.732. The second kappa shape index (κ2) is 8.35. The standard InChI is InChI=1S/C18H21ClFNO4S/c1-4-25-17-9-8-15(11-16(17)20)26(22,23)21-12-18(2,24-3)13-6-5-7-14(19)10-13/h5-11,21H,4,12H2,1-3H3. The van der Waals surface area contributed by atoms with Gasteiger partial charge in [-0.1, -0.05) is 23.7 Å². The van der Waals surface area contributed by atoms with E-state index in [0.717, 1.165) is 6.07 Å². The lowest BCUT2D eigenvalue weighted by atomic mass is 9.96. The zero-order valence-corrected chi connectivity index (χ0v) is 16.3. The fraction of sp³-hybridized carbons (Fsp3) is 0.333. The molecule has 2 aromatic rings. The number of hydrogen-bond acceptors (Lipinski definition) is 4. The van der Waals surface area contributed by atoms with E-state index in [1.165, 1.54) is 19.2 Å². The molecule has 1 unspecified atom stereocenters. The van der Waals surface area contributed by atoms with Crippen LogP contribution < -0.4 is 9.46 Å². The smallest absolute Gasteiger partial charge is 0.240 e.